The molecule has 0 saturated heterocycles. The van der Waals surface area contributed by atoms with E-state index in [-0.39, 0.29) is 0 Å². The van der Waals surface area contributed by atoms with Gasteiger partial charge in [-0.2, -0.15) is 12.6 Å². The first-order valence-corrected chi connectivity index (χ1v) is 4.81. The monoisotopic (exact) mass is 222 g/mol. The highest BCUT2D eigenvalue weighted by atomic mass is 79.9. The zero-order valence-corrected chi connectivity index (χ0v) is 8.26. The molecule has 0 aliphatic heterocycles. The first kappa shape index (κ1) is 7.63. The largest absolute Gasteiger partial charge is 0.170 e. The van der Waals surface area contributed by atoms with Crippen molar-refractivity contribution in [2.75, 3.05) is 0 Å². The van der Waals surface area contributed by atoms with Crippen LogP contribution in [0.2, 0.25) is 0 Å². The molecule has 1 unspecified atom stereocenters. The van der Waals surface area contributed by atoms with E-state index in [1.165, 1.54) is 9.35 Å². The van der Waals surface area contributed by atoms with Crippen molar-refractivity contribution in [3.8, 4) is 0 Å². The Bertz CT molecular complexity index is 193. The Morgan fingerprint density at radius 3 is 2.67 bits per heavy atom. The van der Waals surface area contributed by atoms with Gasteiger partial charge in [0.2, 0.25) is 0 Å². The lowest BCUT2D eigenvalue weighted by Crippen LogP contribution is -1.76. The number of hydrogen-bond acceptors (Lipinski definition) is 2. The number of thiophene rings is 1. The third kappa shape index (κ3) is 1.72. The van der Waals surface area contributed by atoms with Gasteiger partial charge in [0.1, 0.15) is 0 Å². The molecule has 50 valence electrons. The maximum absolute atomic E-state index is 4.30. The van der Waals surface area contributed by atoms with Gasteiger partial charge in [-0.05, 0) is 34.3 Å². The minimum Gasteiger partial charge on any atom is -0.170 e. The van der Waals surface area contributed by atoms with Gasteiger partial charge in [0, 0.05) is 14.6 Å². The predicted octanol–water partition coefficient (Wildman–Crippen LogP) is 3.50. The molecule has 1 aromatic heterocycles. The SMILES string of the molecule is CC(S)c1sccc1Br. The van der Waals surface area contributed by atoms with E-state index in [0.717, 1.165) is 0 Å². The summed E-state index contributed by atoms with van der Waals surface area (Å²) in [6.45, 7) is 2.07. The average Bonchev–Trinajstić information content (AvgIpc) is 2.13. The summed E-state index contributed by atoms with van der Waals surface area (Å²) in [5.74, 6) is 0. The topological polar surface area (TPSA) is 0 Å². The molecule has 0 spiro atoms. The number of rotatable bonds is 1. The van der Waals surface area contributed by atoms with Gasteiger partial charge in [0.05, 0.1) is 0 Å². The first-order valence-electron chi connectivity index (χ1n) is 2.63. The van der Waals surface area contributed by atoms with E-state index in [0.29, 0.717) is 5.25 Å². The zero-order chi connectivity index (χ0) is 6.85. The molecule has 1 rings (SSSR count). The predicted molar refractivity (Wildman–Crippen MR) is 49.4 cm³/mol. The van der Waals surface area contributed by atoms with Crippen LogP contribution in [0.5, 0.6) is 0 Å². The van der Waals surface area contributed by atoms with Gasteiger partial charge in [0.25, 0.3) is 0 Å². The maximum atomic E-state index is 4.30. The van der Waals surface area contributed by atoms with E-state index >= 15 is 0 Å². The van der Waals surface area contributed by atoms with Gasteiger partial charge >= 0.3 is 0 Å². The molecule has 0 aliphatic rings. The highest BCUT2D eigenvalue weighted by Crippen LogP contribution is 2.31. The second-order valence-electron chi connectivity index (χ2n) is 1.81. The summed E-state index contributed by atoms with van der Waals surface area (Å²) in [4.78, 5) is 1.30. The number of hydrogen-bond donors (Lipinski definition) is 1. The third-order valence-electron chi connectivity index (χ3n) is 1.02. The van der Waals surface area contributed by atoms with Gasteiger partial charge in [-0.3, -0.25) is 0 Å². The van der Waals surface area contributed by atoms with Crippen LogP contribution >= 0.6 is 39.9 Å². The molecular formula is C6H7BrS2. The molecular weight excluding hydrogens is 216 g/mol. The molecule has 1 heterocycles. The minimum absolute atomic E-state index is 0.347. The summed E-state index contributed by atoms with van der Waals surface area (Å²) < 4.78 is 1.18. The molecule has 0 amide bonds. The van der Waals surface area contributed by atoms with Crippen LogP contribution < -0.4 is 0 Å². The van der Waals surface area contributed by atoms with E-state index in [1.54, 1.807) is 11.3 Å². The molecule has 1 atom stereocenters. The average molecular weight is 223 g/mol. The molecule has 1 aromatic rings. The van der Waals surface area contributed by atoms with Crippen molar-refractivity contribution < 1.29 is 0 Å². The van der Waals surface area contributed by atoms with Gasteiger partial charge in [-0.15, -0.1) is 11.3 Å². The highest BCUT2D eigenvalue weighted by molar-refractivity contribution is 9.10. The standard InChI is InChI=1S/C6H7BrS2/c1-4(8)6-5(7)2-3-9-6/h2-4,8H,1H3. The Labute approximate surface area is 72.8 Å². The van der Waals surface area contributed by atoms with E-state index in [4.69, 9.17) is 0 Å². The molecule has 0 nitrogen and oxygen atoms in total. The Hall–Kier alpha value is 0.530. The number of thiol groups is 1. The summed E-state index contributed by atoms with van der Waals surface area (Å²) in [7, 11) is 0. The molecule has 0 aliphatic carbocycles. The molecule has 0 fully saturated rings. The lowest BCUT2D eigenvalue weighted by atomic mass is 10.4. The zero-order valence-electron chi connectivity index (χ0n) is 4.97. The van der Waals surface area contributed by atoms with Crippen LogP contribution in [0.1, 0.15) is 17.1 Å². The summed E-state index contributed by atoms with van der Waals surface area (Å²) in [5.41, 5.74) is 0. The smallest absolute Gasteiger partial charge is 0.0344 e. The molecule has 0 radical (unpaired) electrons. The fourth-order valence-electron chi connectivity index (χ4n) is 0.604. The van der Waals surface area contributed by atoms with Crippen LogP contribution in [0.25, 0.3) is 0 Å². The Balaban J connectivity index is 2.94. The maximum Gasteiger partial charge on any atom is 0.0344 e. The van der Waals surface area contributed by atoms with Crippen LogP contribution in [-0.2, 0) is 0 Å². The third-order valence-corrected chi connectivity index (χ3v) is 3.51. The fraction of sp³-hybridized carbons (Fsp3) is 0.333. The Kier molecular flexibility index (Phi) is 2.61. The normalized spacial score (nSPS) is 13.7. The lowest BCUT2D eigenvalue weighted by molar-refractivity contribution is 1.14. The van der Waals surface area contributed by atoms with Crippen LogP contribution in [0.15, 0.2) is 15.9 Å². The molecule has 9 heavy (non-hydrogen) atoms. The van der Waals surface area contributed by atoms with Gasteiger partial charge in [-0.1, -0.05) is 0 Å². The van der Waals surface area contributed by atoms with Crippen molar-refractivity contribution in [3.63, 3.8) is 0 Å². The second-order valence-corrected chi connectivity index (χ2v) is 4.39. The molecule has 0 N–H and O–H groups in total. The summed E-state index contributed by atoms with van der Waals surface area (Å²) >= 11 is 9.47. The first-order chi connectivity index (χ1) is 4.22. The van der Waals surface area contributed by atoms with Crippen molar-refractivity contribution >= 4 is 39.9 Å². The van der Waals surface area contributed by atoms with E-state index < -0.39 is 0 Å². The van der Waals surface area contributed by atoms with Crippen LogP contribution in [-0.4, -0.2) is 0 Å². The van der Waals surface area contributed by atoms with Gasteiger partial charge in [-0.25, -0.2) is 0 Å². The van der Waals surface area contributed by atoms with Crippen LogP contribution in [0, 0.1) is 0 Å². The Morgan fingerprint density at radius 2 is 2.44 bits per heavy atom. The second kappa shape index (κ2) is 3.08. The van der Waals surface area contributed by atoms with E-state index in [9.17, 15) is 0 Å². The van der Waals surface area contributed by atoms with Crippen molar-refractivity contribution in [2.24, 2.45) is 0 Å². The highest BCUT2D eigenvalue weighted by Gasteiger charge is 2.04. The minimum atomic E-state index is 0.347. The van der Waals surface area contributed by atoms with Crippen LogP contribution in [0.4, 0.5) is 0 Å². The van der Waals surface area contributed by atoms with Crippen molar-refractivity contribution in [2.45, 2.75) is 12.2 Å². The quantitative estimate of drug-likeness (QED) is 0.692. The van der Waals surface area contributed by atoms with Crippen LogP contribution in [0.3, 0.4) is 0 Å². The molecule has 0 bridgehead atoms. The van der Waals surface area contributed by atoms with E-state index in [2.05, 4.69) is 40.9 Å². The molecule has 0 aromatic carbocycles. The molecule has 0 saturated carbocycles. The van der Waals surface area contributed by atoms with Gasteiger partial charge in [0.15, 0.2) is 0 Å². The summed E-state index contributed by atoms with van der Waals surface area (Å²) in [6.07, 6.45) is 0. The van der Waals surface area contributed by atoms with Gasteiger partial charge < -0.3 is 0 Å². The fourth-order valence-corrected chi connectivity index (χ4v) is 2.76. The summed E-state index contributed by atoms with van der Waals surface area (Å²) in [6, 6.07) is 2.05. The summed E-state index contributed by atoms with van der Waals surface area (Å²) in [5, 5.41) is 2.41. The van der Waals surface area contributed by atoms with Crippen molar-refractivity contribution in [1.82, 2.24) is 0 Å². The lowest BCUT2D eigenvalue weighted by Gasteiger charge is -1.98. The van der Waals surface area contributed by atoms with Crippen molar-refractivity contribution in [3.05, 3.63) is 20.8 Å². The Morgan fingerprint density at radius 1 is 1.78 bits per heavy atom. The molecule has 3 heteroatoms. The van der Waals surface area contributed by atoms with Crippen molar-refractivity contribution in [1.29, 1.82) is 0 Å². The number of halogens is 1. The van der Waals surface area contributed by atoms with E-state index in [1.807, 2.05) is 6.07 Å².